The molecule has 16 heavy (non-hydrogen) atoms. The normalized spacial score (nSPS) is 24.8. The standard InChI is InChI=1S/C9H16N2O4S/c1-16(13,14)10-4-2-8(3-5-10)11-6-7-15-9(11)12/h8H,2-7H2,1H3. The zero-order valence-corrected chi connectivity index (χ0v) is 10.1. The molecule has 0 aromatic rings. The van der Waals surface area contributed by atoms with Gasteiger partial charge in [0.15, 0.2) is 0 Å². The fraction of sp³-hybridized carbons (Fsp3) is 0.889. The van der Waals surface area contributed by atoms with E-state index in [4.69, 9.17) is 4.74 Å². The molecule has 0 unspecified atom stereocenters. The Kier molecular flexibility index (Phi) is 3.07. The van der Waals surface area contributed by atoms with Crippen molar-refractivity contribution in [3.05, 3.63) is 0 Å². The van der Waals surface area contributed by atoms with Crippen LogP contribution in [0, 0.1) is 0 Å². The highest BCUT2D eigenvalue weighted by Gasteiger charge is 2.33. The second-order valence-corrected chi connectivity index (χ2v) is 6.18. The summed E-state index contributed by atoms with van der Waals surface area (Å²) in [6.45, 7) is 2.06. The van der Waals surface area contributed by atoms with Gasteiger partial charge in [0.1, 0.15) is 6.61 Å². The van der Waals surface area contributed by atoms with E-state index in [1.54, 1.807) is 4.90 Å². The Balaban J connectivity index is 1.92. The summed E-state index contributed by atoms with van der Waals surface area (Å²) in [6, 6.07) is 0.132. The summed E-state index contributed by atoms with van der Waals surface area (Å²) in [5.74, 6) is 0. The number of carbonyl (C=O) groups excluding carboxylic acids is 1. The van der Waals surface area contributed by atoms with Crippen molar-refractivity contribution in [3.8, 4) is 0 Å². The first-order valence-corrected chi connectivity index (χ1v) is 7.22. The van der Waals surface area contributed by atoms with Gasteiger partial charge in [-0.2, -0.15) is 0 Å². The zero-order chi connectivity index (χ0) is 11.8. The largest absolute Gasteiger partial charge is 0.448 e. The van der Waals surface area contributed by atoms with Gasteiger partial charge in [-0.3, -0.25) is 0 Å². The molecule has 6 nitrogen and oxygen atoms in total. The van der Waals surface area contributed by atoms with Crippen molar-refractivity contribution < 1.29 is 17.9 Å². The van der Waals surface area contributed by atoms with Crippen LogP contribution in [0.1, 0.15) is 12.8 Å². The lowest BCUT2D eigenvalue weighted by atomic mass is 10.1. The van der Waals surface area contributed by atoms with Gasteiger partial charge in [-0.1, -0.05) is 0 Å². The molecule has 0 bridgehead atoms. The minimum atomic E-state index is -3.09. The summed E-state index contributed by atoms with van der Waals surface area (Å²) in [7, 11) is -3.09. The van der Waals surface area contributed by atoms with E-state index in [9.17, 15) is 13.2 Å². The molecule has 2 rings (SSSR count). The first kappa shape index (κ1) is 11.7. The predicted octanol–water partition coefficient (Wildman–Crippen LogP) is -0.137. The first-order valence-electron chi connectivity index (χ1n) is 5.37. The SMILES string of the molecule is CS(=O)(=O)N1CCC(N2CCOC2=O)CC1. The van der Waals surface area contributed by atoms with E-state index in [0.29, 0.717) is 39.1 Å². The van der Waals surface area contributed by atoms with Crippen LogP contribution in [0.2, 0.25) is 0 Å². The first-order chi connectivity index (χ1) is 7.48. The van der Waals surface area contributed by atoms with Gasteiger partial charge >= 0.3 is 6.09 Å². The molecule has 2 fully saturated rings. The van der Waals surface area contributed by atoms with Crippen molar-refractivity contribution in [1.82, 2.24) is 9.21 Å². The van der Waals surface area contributed by atoms with Gasteiger partial charge in [0.25, 0.3) is 0 Å². The van der Waals surface area contributed by atoms with Crippen LogP contribution >= 0.6 is 0 Å². The van der Waals surface area contributed by atoms with Crippen LogP contribution in [0.15, 0.2) is 0 Å². The minimum absolute atomic E-state index is 0.132. The van der Waals surface area contributed by atoms with Crippen LogP contribution in [0.3, 0.4) is 0 Å². The number of rotatable bonds is 2. The lowest BCUT2D eigenvalue weighted by Crippen LogP contribution is -2.46. The fourth-order valence-corrected chi connectivity index (χ4v) is 3.10. The van der Waals surface area contributed by atoms with Gasteiger partial charge in [-0.05, 0) is 12.8 Å². The Morgan fingerprint density at radius 2 is 1.88 bits per heavy atom. The van der Waals surface area contributed by atoms with Crippen molar-refractivity contribution in [2.24, 2.45) is 0 Å². The van der Waals surface area contributed by atoms with E-state index in [1.807, 2.05) is 0 Å². The maximum absolute atomic E-state index is 11.3. The van der Waals surface area contributed by atoms with E-state index < -0.39 is 10.0 Å². The second-order valence-electron chi connectivity index (χ2n) is 4.20. The molecular formula is C9H16N2O4S. The number of carbonyl (C=O) groups is 1. The lowest BCUT2D eigenvalue weighted by Gasteiger charge is -2.34. The molecule has 0 atom stereocenters. The van der Waals surface area contributed by atoms with Crippen LogP contribution < -0.4 is 0 Å². The lowest BCUT2D eigenvalue weighted by molar-refractivity contribution is 0.134. The molecule has 2 heterocycles. The minimum Gasteiger partial charge on any atom is -0.448 e. The average molecular weight is 248 g/mol. The van der Waals surface area contributed by atoms with E-state index in [1.165, 1.54) is 10.6 Å². The van der Waals surface area contributed by atoms with Crippen LogP contribution in [-0.4, -0.2) is 62.3 Å². The number of sulfonamides is 1. The van der Waals surface area contributed by atoms with E-state index in [-0.39, 0.29) is 12.1 Å². The van der Waals surface area contributed by atoms with Crippen LogP contribution in [-0.2, 0) is 14.8 Å². The smallest absolute Gasteiger partial charge is 0.410 e. The third kappa shape index (κ3) is 2.30. The molecule has 0 aromatic heterocycles. The van der Waals surface area contributed by atoms with Crippen molar-refractivity contribution in [1.29, 1.82) is 0 Å². The van der Waals surface area contributed by atoms with Crippen molar-refractivity contribution in [3.63, 3.8) is 0 Å². The molecule has 7 heteroatoms. The van der Waals surface area contributed by atoms with E-state index in [2.05, 4.69) is 0 Å². The van der Waals surface area contributed by atoms with E-state index >= 15 is 0 Å². The van der Waals surface area contributed by atoms with Crippen molar-refractivity contribution in [2.75, 3.05) is 32.5 Å². The summed E-state index contributed by atoms with van der Waals surface area (Å²) >= 11 is 0. The average Bonchev–Trinajstić information content (AvgIpc) is 2.63. The molecule has 1 amide bonds. The third-order valence-electron chi connectivity index (χ3n) is 3.13. The van der Waals surface area contributed by atoms with Gasteiger partial charge in [-0.25, -0.2) is 17.5 Å². The molecule has 0 aromatic carbocycles. The molecule has 0 N–H and O–H groups in total. The molecule has 2 saturated heterocycles. The van der Waals surface area contributed by atoms with Gasteiger partial charge in [0.05, 0.1) is 12.8 Å². The van der Waals surface area contributed by atoms with Gasteiger partial charge in [-0.15, -0.1) is 0 Å². The summed E-state index contributed by atoms with van der Waals surface area (Å²) in [5.41, 5.74) is 0. The molecule has 0 aliphatic carbocycles. The fourth-order valence-electron chi connectivity index (χ4n) is 2.22. The number of hydrogen-bond donors (Lipinski definition) is 0. The second kappa shape index (κ2) is 4.21. The summed E-state index contributed by atoms with van der Waals surface area (Å²) in [5, 5.41) is 0. The predicted molar refractivity (Wildman–Crippen MR) is 57.5 cm³/mol. The number of ether oxygens (including phenoxy) is 1. The molecule has 2 aliphatic heterocycles. The summed E-state index contributed by atoms with van der Waals surface area (Å²) in [6.07, 6.45) is 2.35. The number of hydrogen-bond acceptors (Lipinski definition) is 4. The Morgan fingerprint density at radius 3 is 2.31 bits per heavy atom. The molecule has 92 valence electrons. The summed E-state index contributed by atoms with van der Waals surface area (Å²) in [4.78, 5) is 13.0. The quantitative estimate of drug-likeness (QED) is 0.682. The van der Waals surface area contributed by atoms with Gasteiger partial charge in [0, 0.05) is 19.1 Å². The molecule has 2 aliphatic rings. The Labute approximate surface area is 95.2 Å². The number of cyclic esters (lactones) is 1. The number of piperidine rings is 1. The Hall–Kier alpha value is -0.820. The van der Waals surface area contributed by atoms with Gasteiger partial charge in [0.2, 0.25) is 10.0 Å². The maximum Gasteiger partial charge on any atom is 0.410 e. The zero-order valence-electron chi connectivity index (χ0n) is 9.26. The number of amides is 1. The van der Waals surface area contributed by atoms with E-state index in [0.717, 1.165) is 0 Å². The highest BCUT2D eigenvalue weighted by atomic mass is 32.2. The van der Waals surface area contributed by atoms with Crippen LogP contribution in [0.4, 0.5) is 4.79 Å². The molecule has 0 saturated carbocycles. The van der Waals surface area contributed by atoms with Crippen LogP contribution in [0.25, 0.3) is 0 Å². The molecule has 0 radical (unpaired) electrons. The van der Waals surface area contributed by atoms with Crippen molar-refractivity contribution in [2.45, 2.75) is 18.9 Å². The molecule has 0 spiro atoms. The monoisotopic (exact) mass is 248 g/mol. The van der Waals surface area contributed by atoms with Gasteiger partial charge < -0.3 is 9.64 Å². The highest BCUT2D eigenvalue weighted by molar-refractivity contribution is 7.88. The Morgan fingerprint density at radius 1 is 1.25 bits per heavy atom. The Bertz CT molecular complexity index is 373. The topological polar surface area (TPSA) is 66.9 Å². The highest BCUT2D eigenvalue weighted by Crippen LogP contribution is 2.21. The van der Waals surface area contributed by atoms with Crippen molar-refractivity contribution >= 4 is 16.1 Å². The third-order valence-corrected chi connectivity index (χ3v) is 4.43. The molecular weight excluding hydrogens is 232 g/mol. The summed E-state index contributed by atoms with van der Waals surface area (Å²) < 4.78 is 28.9. The van der Waals surface area contributed by atoms with Crippen LogP contribution in [0.5, 0.6) is 0 Å². The number of nitrogens with zero attached hydrogens (tertiary/aromatic N) is 2. The maximum atomic E-state index is 11.3.